The van der Waals surface area contributed by atoms with Gasteiger partial charge in [0.25, 0.3) is 0 Å². The molecule has 0 fully saturated rings. The largest absolute Gasteiger partial charge is 0.477 e. The number of aliphatic carboxylic acids is 1. The summed E-state index contributed by atoms with van der Waals surface area (Å²) >= 11 is 0. The molecule has 8 heteroatoms. The van der Waals surface area contributed by atoms with Crippen molar-refractivity contribution in [2.45, 2.75) is 91.1 Å². The highest BCUT2D eigenvalue weighted by molar-refractivity contribution is 5.89. The highest BCUT2D eigenvalue weighted by Gasteiger charge is 2.68. The molecule has 0 saturated carbocycles. The van der Waals surface area contributed by atoms with Crippen molar-refractivity contribution >= 4 is 11.9 Å². The van der Waals surface area contributed by atoms with E-state index in [1.165, 1.54) is 19.3 Å². The maximum atomic E-state index is 13.0. The SMILES string of the molecule is CCCCCCCCCOC(=O)C(OCC)(OCC)C(OCC)(OCC)C(=O)O. The average Bonchev–Trinajstić information content (AvgIpc) is 2.69. The van der Waals surface area contributed by atoms with Crippen molar-refractivity contribution in [2.75, 3.05) is 33.0 Å². The molecule has 0 aliphatic carbocycles. The number of ether oxygens (including phenoxy) is 5. The molecule has 0 amide bonds. The molecule has 29 heavy (non-hydrogen) atoms. The third kappa shape index (κ3) is 7.85. The van der Waals surface area contributed by atoms with Crippen LogP contribution in [0.5, 0.6) is 0 Å². The molecule has 0 spiro atoms. The summed E-state index contributed by atoms with van der Waals surface area (Å²) in [6.45, 7) is 8.71. The molecule has 0 bridgehead atoms. The van der Waals surface area contributed by atoms with Gasteiger partial charge in [-0.2, -0.15) is 0 Å². The van der Waals surface area contributed by atoms with Crippen molar-refractivity contribution in [3.63, 3.8) is 0 Å². The number of hydrogen-bond donors (Lipinski definition) is 1. The molecule has 0 aromatic carbocycles. The zero-order valence-electron chi connectivity index (χ0n) is 18.8. The van der Waals surface area contributed by atoms with E-state index in [1.54, 1.807) is 27.7 Å². The zero-order valence-corrected chi connectivity index (χ0v) is 18.8. The second-order valence-electron chi connectivity index (χ2n) is 6.53. The lowest BCUT2D eigenvalue weighted by atomic mass is 10.0. The summed E-state index contributed by atoms with van der Waals surface area (Å²) < 4.78 is 27.4. The highest BCUT2D eigenvalue weighted by atomic mass is 16.8. The standard InChI is InChI=1S/C21H40O8/c1-6-11-12-13-14-15-16-17-25-19(24)21(28-9-4,29-10-5)20(18(22)23,26-7-2)27-8-3/h6-17H2,1-5H3,(H,22,23). The van der Waals surface area contributed by atoms with Gasteiger partial charge in [0.05, 0.1) is 6.61 Å². The predicted octanol–water partition coefficient (Wildman–Crippen LogP) is 3.90. The van der Waals surface area contributed by atoms with Gasteiger partial charge in [-0.15, -0.1) is 0 Å². The maximum absolute atomic E-state index is 13.0. The lowest BCUT2D eigenvalue weighted by Crippen LogP contribution is -2.69. The molecular formula is C21H40O8. The Kier molecular flexibility index (Phi) is 14.9. The minimum absolute atomic E-state index is 0.00169. The Morgan fingerprint density at radius 3 is 1.48 bits per heavy atom. The third-order valence-electron chi connectivity index (χ3n) is 4.36. The summed E-state index contributed by atoms with van der Waals surface area (Å²) in [7, 11) is 0. The molecule has 0 aromatic rings. The van der Waals surface area contributed by atoms with Crippen LogP contribution < -0.4 is 0 Å². The monoisotopic (exact) mass is 420 g/mol. The Balaban J connectivity index is 5.34. The first kappa shape index (κ1) is 27.8. The van der Waals surface area contributed by atoms with Gasteiger partial charge in [-0.05, 0) is 34.1 Å². The van der Waals surface area contributed by atoms with Crippen molar-refractivity contribution < 1.29 is 38.4 Å². The normalized spacial score (nSPS) is 12.2. The quantitative estimate of drug-likeness (QED) is 0.191. The number of carboxylic acids is 1. The smallest absolute Gasteiger partial charge is 0.373 e. The van der Waals surface area contributed by atoms with Crippen LogP contribution in [0.4, 0.5) is 0 Å². The first-order chi connectivity index (χ1) is 13.9. The van der Waals surface area contributed by atoms with Gasteiger partial charge in [-0.25, -0.2) is 9.59 Å². The molecule has 0 aromatic heterocycles. The number of carboxylic acid groups (broad SMARTS) is 1. The molecule has 172 valence electrons. The third-order valence-corrected chi connectivity index (χ3v) is 4.36. The fourth-order valence-electron chi connectivity index (χ4n) is 3.11. The van der Waals surface area contributed by atoms with Gasteiger partial charge < -0.3 is 28.8 Å². The van der Waals surface area contributed by atoms with E-state index in [1.807, 2.05) is 0 Å². The summed E-state index contributed by atoms with van der Waals surface area (Å²) in [5.41, 5.74) is 0. The second-order valence-corrected chi connectivity index (χ2v) is 6.53. The Hall–Kier alpha value is -1.22. The number of carbonyl (C=O) groups is 2. The van der Waals surface area contributed by atoms with Crippen LogP contribution in [-0.2, 0) is 33.3 Å². The number of unbranched alkanes of at least 4 members (excludes halogenated alkanes) is 6. The summed E-state index contributed by atoms with van der Waals surface area (Å²) in [4.78, 5) is 25.2. The lowest BCUT2D eigenvalue weighted by Gasteiger charge is -2.42. The molecule has 0 heterocycles. The van der Waals surface area contributed by atoms with Crippen LogP contribution in [0.25, 0.3) is 0 Å². The fourth-order valence-corrected chi connectivity index (χ4v) is 3.11. The molecule has 0 atom stereocenters. The highest BCUT2D eigenvalue weighted by Crippen LogP contribution is 2.35. The Labute approximate surface area is 175 Å². The minimum Gasteiger partial charge on any atom is -0.477 e. The summed E-state index contributed by atoms with van der Waals surface area (Å²) in [5.74, 6) is -7.32. The van der Waals surface area contributed by atoms with Crippen LogP contribution in [0.3, 0.4) is 0 Å². The van der Waals surface area contributed by atoms with Crippen molar-refractivity contribution in [1.29, 1.82) is 0 Å². The van der Waals surface area contributed by atoms with Crippen LogP contribution in [0.2, 0.25) is 0 Å². The number of hydrogen-bond acceptors (Lipinski definition) is 7. The summed E-state index contributed by atoms with van der Waals surface area (Å²) in [6.07, 6.45) is 7.45. The van der Waals surface area contributed by atoms with Crippen LogP contribution in [0, 0.1) is 0 Å². The molecule has 0 rings (SSSR count). The van der Waals surface area contributed by atoms with Gasteiger partial charge in [-0.1, -0.05) is 45.4 Å². The van der Waals surface area contributed by atoms with Gasteiger partial charge in [0.2, 0.25) is 0 Å². The first-order valence-corrected chi connectivity index (χ1v) is 10.9. The van der Waals surface area contributed by atoms with Crippen LogP contribution in [0.1, 0.15) is 79.6 Å². The first-order valence-electron chi connectivity index (χ1n) is 10.9. The van der Waals surface area contributed by atoms with Crippen LogP contribution in [0.15, 0.2) is 0 Å². The number of rotatable bonds is 19. The lowest BCUT2D eigenvalue weighted by molar-refractivity contribution is -0.382. The van der Waals surface area contributed by atoms with Gasteiger partial charge in [0.15, 0.2) is 0 Å². The number of esters is 1. The molecule has 1 N–H and O–H groups in total. The fraction of sp³-hybridized carbons (Fsp3) is 0.905. The predicted molar refractivity (Wildman–Crippen MR) is 109 cm³/mol. The average molecular weight is 421 g/mol. The van der Waals surface area contributed by atoms with Gasteiger partial charge in [0, 0.05) is 26.4 Å². The van der Waals surface area contributed by atoms with E-state index in [0.717, 1.165) is 19.3 Å². The molecule has 8 nitrogen and oxygen atoms in total. The van der Waals surface area contributed by atoms with E-state index in [-0.39, 0.29) is 33.0 Å². The molecule has 0 unspecified atom stereocenters. The van der Waals surface area contributed by atoms with E-state index in [4.69, 9.17) is 23.7 Å². The Morgan fingerprint density at radius 1 is 0.655 bits per heavy atom. The second kappa shape index (κ2) is 15.6. The van der Waals surface area contributed by atoms with E-state index < -0.39 is 23.5 Å². The molecular weight excluding hydrogens is 380 g/mol. The minimum atomic E-state index is -2.47. The summed E-state index contributed by atoms with van der Waals surface area (Å²) in [5, 5.41) is 9.92. The molecule has 0 aliphatic heterocycles. The van der Waals surface area contributed by atoms with E-state index >= 15 is 0 Å². The van der Waals surface area contributed by atoms with Crippen molar-refractivity contribution in [1.82, 2.24) is 0 Å². The number of carbonyl (C=O) groups excluding carboxylic acids is 1. The van der Waals surface area contributed by atoms with Crippen molar-refractivity contribution in [3.05, 3.63) is 0 Å². The van der Waals surface area contributed by atoms with Gasteiger partial charge in [0.1, 0.15) is 0 Å². The molecule has 0 saturated heterocycles. The van der Waals surface area contributed by atoms with E-state index in [0.29, 0.717) is 6.42 Å². The van der Waals surface area contributed by atoms with Gasteiger partial charge >= 0.3 is 23.5 Å². The molecule has 0 radical (unpaired) electrons. The molecule has 0 aliphatic rings. The zero-order chi connectivity index (χ0) is 22.2. The topological polar surface area (TPSA) is 101 Å². The van der Waals surface area contributed by atoms with Crippen molar-refractivity contribution in [3.8, 4) is 0 Å². The van der Waals surface area contributed by atoms with Crippen LogP contribution in [-0.4, -0.2) is 61.7 Å². The summed E-state index contributed by atoms with van der Waals surface area (Å²) in [6, 6.07) is 0. The Morgan fingerprint density at radius 2 is 1.07 bits per heavy atom. The van der Waals surface area contributed by atoms with Crippen LogP contribution >= 0.6 is 0 Å². The van der Waals surface area contributed by atoms with E-state index in [9.17, 15) is 14.7 Å². The Bertz CT molecular complexity index is 440. The maximum Gasteiger partial charge on any atom is 0.373 e. The van der Waals surface area contributed by atoms with Gasteiger partial charge in [-0.3, -0.25) is 0 Å². The van der Waals surface area contributed by atoms with Crippen molar-refractivity contribution in [2.24, 2.45) is 0 Å². The van der Waals surface area contributed by atoms with E-state index in [2.05, 4.69) is 6.92 Å².